The number of ether oxygens (including phenoxy) is 1. The van der Waals surface area contributed by atoms with Gasteiger partial charge in [-0.2, -0.15) is 0 Å². The van der Waals surface area contributed by atoms with Crippen molar-refractivity contribution in [2.75, 3.05) is 26.2 Å². The van der Waals surface area contributed by atoms with Crippen LogP contribution in [0.15, 0.2) is 59.9 Å². The normalized spacial score (nSPS) is 18.7. The highest BCUT2D eigenvalue weighted by molar-refractivity contribution is 6.30. The van der Waals surface area contributed by atoms with Crippen LogP contribution in [0.1, 0.15) is 71.7 Å². The lowest BCUT2D eigenvalue weighted by atomic mass is 9.72. The van der Waals surface area contributed by atoms with Crippen molar-refractivity contribution in [2.45, 2.75) is 45.4 Å². The van der Waals surface area contributed by atoms with Gasteiger partial charge in [-0.25, -0.2) is 4.79 Å². The number of ketones is 2. The van der Waals surface area contributed by atoms with E-state index in [0.29, 0.717) is 47.3 Å². The molecule has 0 bridgehead atoms. The van der Waals surface area contributed by atoms with Crippen LogP contribution < -0.4 is 5.32 Å². The van der Waals surface area contributed by atoms with E-state index in [4.69, 9.17) is 16.3 Å². The van der Waals surface area contributed by atoms with Crippen molar-refractivity contribution in [1.29, 1.82) is 0 Å². The Balaban J connectivity index is 0.00000253. The number of Topliss-reactive ketones (excluding diaryl/α,β-unsaturated/α-hetero) is 2. The Morgan fingerprint density at radius 1 is 0.947 bits per heavy atom. The zero-order valence-electron chi connectivity index (χ0n) is 21.8. The zero-order valence-corrected chi connectivity index (χ0v) is 23.4. The summed E-state index contributed by atoms with van der Waals surface area (Å²) in [5.74, 6) is -0.471. The molecule has 2 aromatic rings. The summed E-state index contributed by atoms with van der Waals surface area (Å²) in [6.07, 6.45) is 2.64. The molecule has 1 amide bonds. The third kappa shape index (κ3) is 6.83. The van der Waals surface area contributed by atoms with Crippen LogP contribution in [0.25, 0.3) is 0 Å². The van der Waals surface area contributed by atoms with Gasteiger partial charge in [-0.3, -0.25) is 9.59 Å². The molecule has 0 aromatic heterocycles. The molecule has 4 rings (SSSR count). The molecule has 2 aliphatic carbocycles. The molecular formula is C29H36Cl2N2O5. The number of allylic oxidation sites excluding steroid dienone is 2. The maximum absolute atomic E-state index is 13.7. The average Bonchev–Trinajstić information content (AvgIpc) is 2.90. The predicted octanol–water partition coefficient (Wildman–Crippen LogP) is 5.61. The first-order valence-corrected chi connectivity index (χ1v) is 13.2. The number of likely N-dealkylation sites (N-methyl/N-ethyl adjacent to an activating group) is 2. The fourth-order valence-corrected chi connectivity index (χ4v) is 5.34. The summed E-state index contributed by atoms with van der Waals surface area (Å²) in [5.41, 5.74) is 2.26. The standard InChI is InChI=1S/C29H33ClN2O4.ClH.H2O/c1-3-31-17-18-32(4-2)29(35)36-28-25(26(33)23-7-5-6-8-24(23)27(28)34)21-11-9-19(10-12-21)20-13-15-22(30)16-14-20;;/h5-8,13-16,19,21,31H,3-4,9-12,17-18H2,1-2H3;1H;1H2. The fourth-order valence-electron chi connectivity index (χ4n) is 5.22. The summed E-state index contributed by atoms with van der Waals surface area (Å²) in [4.78, 5) is 41.8. The van der Waals surface area contributed by atoms with Gasteiger partial charge in [0.2, 0.25) is 5.78 Å². The Bertz CT molecular complexity index is 1160. The molecule has 0 radical (unpaired) electrons. The highest BCUT2D eigenvalue weighted by atomic mass is 35.5. The van der Waals surface area contributed by atoms with Gasteiger partial charge < -0.3 is 20.4 Å². The third-order valence-electron chi connectivity index (χ3n) is 7.23. The number of rotatable bonds is 8. The second-order valence-corrected chi connectivity index (χ2v) is 9.78. The number of hydrogen-bond donors (Lipinski definition) is 1. The van der Waals surface area contributed by atoms with E-state index in [-0.39, 0.29) is 35.3 Å². The number of nitrogens with one attached hydrogen (secondary N) is 1. The second kappa shape index (κ2) is 14.4. The van der Waals surface area contributed by atoms with E-state index in [1.807, 2.05) is 26.0 Å². The van der Waals surface area contributed by atoms with Gasteiger partial charge in [-0.15, -0.1) is 12.4 Å². The molecule has 1 saturated carbocycles. The zero-order chi connectivity index (χ0) is 25.7. The first kappa shape index (κ1) is 31.5. The molecule has 9 heteroatoms. The monoisotopic (exact) mass is 562 g/mol. The van der Waals surface area contributed by atoms with Crippen molar-refractivity contribution in [1.82, 2.24) is 10.2 Å². The van der Waals surface area contributed by atoms with Gasteiger partial charge in [-0.1, -0.05) is 54.9 Å². The molecule has 0 aliphatic heterocycles. The van der Waals surface area contributed by atoms with Gasteiger partial charge in [0.25, 0.3) is 0 Å². The number of halogens is 2. The molecule has 2 aromatic carbocycles. The van der Waals surface area contributed by atoms with E-state index in [1.54, 1.807) is 29.2 Å². The minimum atomic E-state index is -0.599. The fraction of sp³-hybridized carbons (Fsp3) is 0.414. The smallest absolute Gasteiger partial charge is 0.412 e. The molecule has 206 valence electrons. The number of benzene rings is 2. The van der Waals surface area contributed by atoms with Crippen LogP contribution >= 0.6 is 24.0 Å². The van der Waals surface area contributed by atoms with E-state index in [1.165, 1.54) is 5.56 Å². The lowest BCUT2D eigenvalue weighted by Gasteiger charge is -2.32. The number of carbonyl (C=O) groups excluding carboxylic acids is 3. The van der Waals surface area contributed by atoms with Gasteiger partial charge in [-0.05, 0) is 68.7 Å². The Morgan fingerprint density at radius 3 is 2.11 bits per heavy atom. The first-order chi connectivity index (χ1) is 17.4. The predicted molar refractivity (Wildman–Crippen MR) is 151 cm³/mol. The molecule has 1 fully saturated rings. The number of hydrogen-bond acceptors (Lipinski definition) is 5. The molecule has 38 heavy (non-hydrogen) atoms. The van der Waals surface area contributed by atoms with Crippen molar-refractivity contribution >= 4 is 41.7 Å². The van der Waals surface area contributed by atoms with Gasteiger partial charge in [0.1, 0.15) is 0 Å². The van der Waals surface area contributed by atoms with Crippen LogP contribution in [0.5, 0.6) is 0 Å². The highest BCUT2D eigenvalue weighted by Gasteiger charge is 2.40. The summed E-state index contributed by atoms with van der Waals surface area (Å²) in [5, 5.41) is 3.90. The van der Waals surface area contributed by atoms with Crippen LogP contribution in [-0.4, -0.2) is 54.2 Å². The van der Waals surface area contributed by atoms with E-state index in [9.17, 15) is 14.4 Å². The number of nitrogens with zero attached hydrogens (tertiary/aromatic N) is 1. The van der Waals surface area contributed by atoms with Gasteiger partial charge in [0.05, 0.1) is 5.57 Å². The molecule has 0 spiro atoms. The number of fused-ring (bicyclic) bond motifs is 1. The Hall–Kier alpha value is -2.71. The molecule has 0 heterocycles. The van der Waals surface area contributed by atoms with Crippen molar-refractivity contribution in [3.05, 3.63) is 81.6 Å². The lowest BCUT2D eigenvalue weighted by Crippen LogP contribution is -2.39. The quantitative estimate of drug-likeness (QED) is 0.420. The summed E-state index contributed by atoms with van der Waals surface area (Å²) >= 11 is 6.05. The van der Waals surface area contributed by atoms with Crippen LogP contribution in [-0.2, 0) is 4.74 Å². The summed E-state index contributed by atoms with van der Waals surface area (Å²) < 4.78 is 5.76. The Kier molecular flexibility index (Phi) is 12.0. The summed E-state index contributed by atoms with van der Waals surface area (Å²) in [6, 6.07) is 14.7. The van der Waals surface area contributed by atoms with E-state index in [2.05, 4.69) is 17.4 Å². The molecule has 2 aliphatic rings. The third-order valence-corrected chi connectivity index (χ3v) is 7.48. The SMILES string of the molecule is CCNCCN(CC)C(=O)OC1=C(C2CCC(c3ccc(Cl)cc3)CC2)C(=O)c2ccccc2C1=O.Cl.O. The van der Waals surface area contributed by atoms with Crippen LogP contribution in [0.2, 0.25) is 5.02 Å². The van der Waals surface area contributed by atoms with E-state index < -0.39 is 11.9 Å². The minimum absolute atomic E-state index is 0. The molecule has 7 nitrogen and oxygen atoms in total. The highest BCUT2D eigenvalue weighted by Crippen LogP contribution is 2.42. The molecule has 3 N–H and O–H groups in total. The first-order valence-electron chi connectivity index (χ1n) is 12.8. The van der Waals surface area contributed by atoms with E-state index in [0.717, 1.165) is 32.2 Å². The molecule has 0 saturated heterocycles. The minimum Gasteiger partial charge on any atom is -0.412 e. The second-order valence-electron chi connectivity index (χ2n) is 9.35. The maximum atomic E-state index is 13.7. The lowest BCUT2D eigenvalue weighted by molar-refractivity contribution is 0.0847. The van der Waals surface area contributed by atoms with Crippen molar-refractivity contribution < 1.29 is 24.6 Å². The molecule has 0 atom stereocenters. The van der Waals surface area contributed by atoms with Crippen molar-refractivity contribution in [3.8, 4) is 0 Å². The maximum Gasteiger partial charge on any atom is 0.415 e. The van der Waals surface area contributed by atoms with Gasteiger partial charge in [0.15, 0.2) is 11.5 Å². The van der Waals surface area contributed by atoms with Gasteiger partial charge in [0, 0.05) is 35.8 Å². The molecular weight excluding hydrogens is 527 g/mol. The van der Waals surface area contributed by atoms with Crippen molar-refractivity contribution in [3.63, 3.8) is 0 Å². The largest absolute Gasteiger partial charge is 0.415 e. The Labute approximate surface area is 235 Å². The number of carbonyl (C=O) groups is 3. The van der Waals surface area contributed by atoms with Crippen LogP contribution in [0, 0.1) is 5.92 Å². The summed E-state index contributed by atoms with van der Waals surface area (Å²) in [7, 11) is 0. The topological polar surface area (TPSA) is 107 Å². The van der Waals surface area contributed by atoms with Crippen LogP contribution in [0.3, 0.4) is 0 Å². The molecule has 0 unspecified atom stereocenters. The van der Waals surface area contributed by atoms with Gasteiger partial charge >= 0.3 is 6.09 Å². The summed E-state index contributed by atoms with van der Waals surface area (Å²) in [6.45, 7) is 6.18. The average molecular weight is 564 g/mol. The number of amides is 1. The van der Waals surface area contributed by atoms with Crippen molar-refractivity contribution in [2.24, 2.45) is 5.92 Å². The van der Waals surface area contributed by atoms with Crippen LogP contribution in [0.4, 0.5) is 4.79 Å². The Morgan fingerprint density at radius 2 is 1.53 bits per heavy atom. The van der Waals surface area contributed by atoms with E-state index >= 15 is 0 Å².